The van der Waals surface area contributed by atoms with Crippen LogP contribution in [0.25, 0.3) is 0 Å². The molecule has 1 atom stereocenters. The molecule has 0 heterocycles. The highest BCUT2D eigenvalue weighted by Gasteiger charge is 2.18. The number of benzene rings is 1. The van der Waals surface area contributed by atoms with Gasteiger partial charge in [0.2, 0.25) is 0 Å². The topological polar surface area (TPSA) is 57.5 Å². The molecule has 0 fully saturated rings. The molecule has 15 heavy (non-hydrogen) atoms. The number of carbonyl (C=O) groups is 1. The van der Waals surface area contributed by atoms with E-state index in [9.17, 15) is 4.79 Å². The second kappa shape index (κ2) is 6.19. The molecular formula is C12H16O3. The van der Waals surface area contributed by atoms with Crippen molar-refractivity contribution in [1.82, 2.24) is 0 Å². The minimum absolute atomic E-state index is 0.126. The zero-order chi connectivity index (χ0) is 11.1. The highest BCUT2D eigenvalue weighted by Crippen LogP contribution is 2.21. The summed E-state index contributed by atoms with van der Waals surface area (Å²) < 4.78 is 0. The maximum Gasteiger partial charge on any atom is 0.310 e. The van der Waals surface area contributed by atoms with Crippen molar-refractivity contribution >= 4 is 5.97 Å². The van der Waals surface area contributed by atoms with Crippen LogP contribution in [-0.4, -0.2) is 22.8 Å². The van der Waals surface area contributed by atoms with Crippen LogP contribution in [0.5, 0.6) is 0 Å². The normalized spacial score (nSPS) is 12.3. The number of rotatable bonds is 6. The van der Waals surface area contributed by atoms with E-state index < -0.39 is 11.9 Å². The number of hydrogen-bond acceptors (Lipinski definition) is 2. The van der Waals surface area contributed by atoms with Gasteiger partial charge in [-0.25, -0.2) is 0 Å². The van der Waals surface area contributed by atoms with Crippen LogP contribution in [-0.2, 0) is 4.79 Å². The minimum atomic E-state index is -0.792. The van der Waals surface area contributed by atoms with Crippen LogP contribution in [0.3, 0.4) is 0 Å². The van der Waals surface area contributed by atoms with E-state index in [1.807, 2.05) is 30.3 Å². The van der Waals surface area contributed by atoms with Gasteiger partial charge in [0.25, 0.3) is 0 Å². The first-order valence-corrected chi connectivity index (χ1v) is 5.14. The van der Waals surface area contributed by atoms with E-state index in [-0.39, 0.29) is 6.61 Å². The molecule has 0 radical (unpaired) electrons. The lowest BCUT2D eigenvalue weighted by atomic mass is 9.94. The largest absolute Gasteiger partial charge is 0.481 e. The van der Waals surface area contributed by atoms with Crippen LogP contribution < -0.4 is 0 Å². The molecule has 0 aromatic heterocycles. The molecule has 0 spiro atoms. The molecule has 0 aliphatic rings. The minimum Gasteiger partial charge on any atom is -0.481 e. The van der Waals surface area contributed by atoms with Crippen LogP contribution in [0.4, 0.5) is 0 Å². The molecule has 1 rings (SSSR count). The molecule has 1 aromatic carbocycles. The number of carboxylic acids is 1. The number of unbranched alkanes of at least 4 members (excludes halogenated alkanes) is 1. The molecule has 1 aromatic rings. The number of hydrogen-bond donors (Lipinski definition) is 2. The first-order chi connectivity index (χ1) is 7.25. The van der Waals surface area contributed by atoms with Gasteiger partial charge >= 0.3 is 5.97 Å². The Balaban J connectivity index is 2.62. The van der Waals surface area contributed by atoms with Gasteiger partial charge < -0.3 is 10.2 Å². The van der Waals surface area contributed by atoms with Crippen molar-refractivity contribution in [3.8, 4) is 0 Å². The Morgan fingerprint density at radius 1 is 1.20 bits per heavy atom. The van der Waals surface area contributed by atoms with E-state index in [1.165, 1.54) is 0 Å². The summed E-state index contributed by atoms with van der Waals surface area (Å²) in [6.45, 7) is 0.126. The summed E-state index contributed by atoms with van der Waals surface area (Å²) in [5, 5.41) is 17.7. The Labute approximate surface area is 89.4 Å². The van der Waals surface area contributed by atoms with Crippen LogP contribution in [0.1, 0.15) is 30.7 Å². The molecule has 0 aliphatic heterocycles. The summed E-state index contributed by atoms with van der Waals surface area (Å²) in [6, 6.07) is 9.22. The highest BCUT2D eigenvalue weighted by molar-refractivity contribution is 5.75. The second-order valence-electron chi connectivity index (χ2n) is 3.52. The van der Waals surface area contributed by atoms with Crippen molar-refractivity contribution < 1.29 is 15.0 Å². The van der Waals surface area contributed by atoms with E-state index in [0.717, 1.165) is 12.0 Å². The summed E-state index contributed by atoms with van der Waals surface area (Å²) in [7, 11) is 0. The molecule has 82 valence electrons. The first-order valence-electron chi connectivity index (χ1n) is 5.14. The lowest BCUT2D eigenvalue weighted by Gasteiger charge is -2.11. The third kappa shape index (κ3) is 3.72. The van der Waals surface area contributed by atoms with Gasteiger partial charge in [-0.05, 0) is 24.8 Å². The maximum atomic E-state index is 11.0. The summed E-state index contributed by atoms with van der Waals surface area (Å²) in [4.78, 5) is 11.0. The molecule has 0 bridgehead atoms. The average Bonchev–Trinajstić information content (AvgIpc) is 2.25. The Morgan fingerprint density at radius 2 is 1.87 bits per heavy atom. The summed E-state index contributed by atoms with van der Waals surface area (Å²) in [5.41, 5.74) is 0.836. The molecule has 0 saturated heterocycles. The number of carboxylic acid groups (broad SMARTS) is 1. The quantitative estimate of drug-likeness (QED) is 0.703. The molecule has 2 N–H and O–H groups in total. The lowest BCUT2D eigenvalue weighted by molar-refractivity contribution is -0.139. The molecule has 0 amide bonds. The van der Waals surface area contributed by atoms with Crippen LogP contribution >= 0.6 is 0 Å². The second-order valence-corrected chi connectivity index (χ2v) is 3.52. The molecule has 3 nitrogen and oxygen atoms in total. The molecule has 0 aliphatic carbocycles. The molecule has 0 unspecified atom stereocenters. The van der Waals surface area contributed by atoms with E-state index in [1.54, 1.807) is 0 Å². The first kappa shape index (κ1) is 11.7. The van der Waals surface area contributed by atoms with E-state index in [2.05, 4.69) is 0 Å². The van der Waals surface area contributed by atoms with E-state index in [0.29, 0.717) is 12.8 Å². The monoisotopic (exact) mass is 208 g/mol. The SMILES string of the molecule is O=C(O)[C@H](CCCCO)c1ccccc1. The lowest BCUT2D eigenvalue weighted by Crippen LogP contribution is -2.11. The molecule has 0 saturated carbocycles. The standard InChI is InChI=1S/C12H16O3/c13-9-5-4-8-11(12(14)15)10-6-2-1-3-7-10/h1-3,6-7,11,13H,4-5,8-9H2,(H,14,15)/t11-/m1/s1. The van der Waals surface area contributed by atoms with Gasteiger partial charge in [0.05, 0.1) is 5.92 Å². The average molecular weight is 208 g/mol. The molecular weight excluding hydrogens is 192 g/mol. The fourth-order valence-electron chi connectivity index (χ4n) is 1.58. The van der Waals surface area contributed by atoms with Crippen molar-refractivity contribution in [3.05, 3.63) is 35.9 Å². The van der Waals surface area contributed by atoms with Gasteiger partial charge in [-0.1, -0.05) is 30.3 Å². The van der Waals surface area contributed by atoms with Gasteiger partial charge in [0.1, 0.15) is 0 Å². The van der Waals surface area contributed by atoms with Gasteiger partial charge in [0, 0.05) is 6.61 Å². The Kier molecular flexibility index (Phi) is 4.84. The van der Waals surface area contributed by atoms with Crippen LogP contribution in [0, 0.1) is 0 Å². The highest BCUT2D eigenvalue weighted by atomic mass is 16.4. The molecule has 3 heteroatoms. The van der Waals surface area contributed by atoms with Gasteiger partial charge in [0.15, 0.2) is 0 Å². The van der Waals surface area contributed by atoms with Gasteiger partial charge in [-0.2, -0.15) is 0 Å². The smallest absolute Gasteiger partial charge is 0.310 e. The number of aliphatic carboxylic acids is 1. The fourth-order valence-corrected chi connectivity index (χ4v) is 1.58. The predicted octanol–water partition coefficient (Wildman–Crippen LogP) is 2.02. The zero-order valence-electron chi connectivity index (χ0n) is 8.60. The Bertz CT molecular complexity index is 295. The summed E-state index contributed by atoms with van der Waals surface area (Å²) in [6.07, 6.45) is 1.99. The van der Waals surface area contributed by atoms with Gasteiger partial charge in [-0.3, -0.25) is 4.79 Å². The Hall–Kier alpha value is -1.35. The fraction of sp³-hybridized carbons (Fsp3) is 0.417. The van der Waals surface area contributed by atoms with Crippen molar-refractivity contribution in [2.75, 3.05) is 6.61 Å². The van der Waals surface area contributed by atoms with Crippen molar-refractivity contribution in [3.63, 3.8) is 0 Å². The number of aliphatic hydroxyl groups excluding tert-OH is 1. The predicted molar refractivity (Wildman–Crippen MR) is 57.8 cm³/mol. The van der Waals surface area contributed by atoms with Crippen molar-refractivity contribution in [2.24, 2.45) is 0 Å². The van der Waals surface area contributed by atoms with E-state index in [4.69, 9.17) is 10.2 Å². The van der Waals surface area contributed by atoms with Crippen LogP contribution in [0.2, 0.25) is 0 Å². The third-order valence-electron chi connectivity index (χ3n) is 2.40. The zero-order valence-corrected chi connectivity index (χ0v) is 8.60. The maximum absolute atomic E-state index is 11.0. The van der Waals surface area contributed by atoms with Crippen molar-refractivity contribution in [2.45, 2.75) is 25.2 Å². The third-order valence-corrected chi connectivity index (χ3v) is 2.40. The van der Waals surface area contributed by atoms with Crippen molar-refractivity contribution in [1.29, 1.82) is 0 Å². The van der Waals surface area contributed by atoms with Crippen LogP contribution in [0.15, 0.2) is 30.3 Å². The van der Waals surface area contributed by atoms with E-state index >= 15 is 0 Å². The van der Waals surface area contributed by atoms with Gasteiger partial charge in [-0.15, -0.1) is 0 Å². The summed E-state index contributed by atoms with van der Waals surface area (Å²) in [5.74, 6) is -1.24. The number of aliphatic hydroxyl groups is 1. The summed E-state index contributed by atoms with van der Waals surface area (Å²) >= 11 is 0. The Morgan fingerprint density at radius 3 is 2.40 bits per heavy atom.